The van der Waals surface area contributed by atoms with Crippen molar-refractivity contribution in [3.05, 3.63) is 80.4 Å². The molecule has 2 amide bonds. The Morgan fingerprint density at radius 3 is 2.48 bits per heavy atom. The second kappa shape index (κ2) is 7.65. The van der Waals surface area contributed by atoms with Crippen molar-refractivity contribution in [2.75, 3.05) is 5.32 Å². The van der Waals surface area contributed by atoms with Crippen molar-refractivity contribution in [3.8, 4) is 0 Å². The highest BCUT2D eigenvalue weighted by molar-refractivity contribution is 9.10. The van der Waals surface area contributed by atoms with E-state index in [1.54, 1.807) is 36.0 Å². The van der Waals surface area contributed by atoms with E-state index in [-0.39, 0.29) is 17.7 Å². The molecule has 2 atom stereocenters. The van der Waals surface area contributed by atoms with Crippen molar-refractivity contribution < 1.29 is 9.59 Å². The number of anilines is 1. The van der Waals surface area contributed by atoms with Gasteiger partial charge in [0.15, 0.2) is 0 Å². The normalized spacial score (nSPS) is 18.1. The highest BCUT2D eigenvalue weighted by Gasteiger charge is 2.41. The summed E-state index contributed by atoms with van der Waals surface area (Å²) in [6.45, 7) is 1.90. The molecule has 0 saturated heterocycles. The molecule has 0 saturated carbocycles. The summed E-state index contributed by atoms with van der Waals surface area (Å²) in [5.41, 5.74) is 3.06. The average molecular weight is 474 g/mol. The van der Waals surface area contributed by atoms with Crippen LogP contribution in [0.4, 0.5) is 5.82 Å². The molecule has 29 heavy (non-hydrogen) atoms. The summed E-state index contributed by atoms with van der Waals surface area (Å²) in [4.78, 5) is 25.8. The van der Waals surface area contributed by atoms with Crippen LogP contribution in [0.3, 0.4) is 0 Å². The number of halogens is 2. The van der Waals surface area contributed by atoms with Gasteiger partial charge in [0.2, 0.25) is 5.91 Å². The Morgan fingerprint density at radius 2 is 1.83 bits per heavy atom. The summed E-state index contributed by atoms with van der Waals surface area (Å²) in [6.07, 6.45) is 0. The van der Waals surface area contributed by atoms with E-state index in [1.807, 2.05) is 31.2 Å². The number of nitrogens with zero attached hydrogens (tertiary/aromatic N) is 2. The first-order valence-electron chi connectivity index (χ1n) is 9.01. The Balaban J connectivity index is 1.77. The van der Waals surface area contributed by atoms with Gasteiger partial charge in [-0.3, -0.25) is 14.3 Å². The molecule has 0 aliphatic carbocycles. The summed E-state index contributed by atoms with van der Waals surface area (Å²) in [5, 5.41) is 10.8. The molecule has 0 unspecified atom stereocenters. The van der Waals surface area contributed by atoms with Crippen molar-refractivity contribution >= 4 is 45.2 Å². The van der Waals surface area contributed by atoms with Crippen LogP contribution in [0.25, 0.3) is 0 Å². The monoisotopic (exact) mass is 472 g/mol. The largest absolute Gasteiger partial charge is 0.339 e. The first kappa shape index (κ1) is 19.7. The van der Waals surface area contributed by atoms with E-state index in [0.29, 0.717) is 16.4 Å². The van der Waals surface area contributed by atoms with Gasteiger partial charge in [-0.25, -0.2) is 0 Å². The van der Waals surface area contributed by atoms with E-state index < -0.39 is 6.04 Å². The second-order valence-electron chi connectivity index (χ2n) is 6.95. The van der Waals surface area contributed by atoms with E-state index in [4.69, 9.17) is 11.6 Å². The summed E-state index contributed by atoms with van der Waals surface area (Å²) in [5.74, 6) is -0.334. The van der Waals surface area contributed by atoms with Gasteiger partial charge in [0.05, 0.1) is 5.69 Å². The van der Waals surface area contributed by atoms with Gasteiger partial charge in [0, 0.05) is 33.6 Å². The van der Waals surface area contributed by atoms with Gasteiger partial charge in [-0.2, -0.15) is 5.10 Å². The van der Waals surface area contributed by atoms with Gasteiger partial charge in [-0.05, 0) is 48.9 Å². The van der Waals surface area contributed by atoms with Crippen LogP contribution in [-0.4, -0.2) is 27.6 Å². The quantitative estimate of drug-likeness (QED) is 0.603. The molecular weight excluding hydrogens is 456 g/mol. The number of aromatic nitrogens is 2. The van der Waals surface area contributed by atoms with Crippen LogP contribution in [0.5, 0.6) is 0 Å². The smallest absolute Gasteiger partial charge is 0.251 e. The van der Waals surface area contributed by atoms with Crippen molar-refractivity contribution in [1.82, 2.24) is 15.1 Å². The zero-order chi connectivity index (χ0) is 20.7. The van der Waals surface area contributed by atoms with Gasteiger partial charge in [0.1, 0.15) is 11.9 Å². The molecule has 6 nitrogen and oxygen atoms in total. The molecule has 0 bridgehead atoms. The fraction of sp³-hybridized carbons (Fsp3) is 0.190. The standard InChI is InChI=1S/C21H18BrClN4O2/c1-11-16-17(12-3-7-14(22)8-4-12)18(21(29)25-19(16)27(2)26-11)24-20(28)13-5-9-15(23)10-6-13/h3-10,17-18H,1-2H3,(H,24,28)(H,25,29)/t17-,18-/m1/s1. The number of hydrogen-bond acceptors (Lipinski definition) is 3. The Morgan fingerprint density at radius 1 is 1.17 bits per heavy atom. The van der Waals surface area contributed by atoms with Crippen molar-refractivity contribution in [2.24, 2.45) is 7.05 Å². The van der Waals surface area contributed by atoms with Crippen LogP contribution in [0, 0.1) is 6.92 Å². The number of rotatable bonds is 3. The maximum Gasteiger partial charge on any atom is 0.251 e. The third kappa shape index (κ3) is 3.68. The highest BCUT2D eigenvalue weighted by Crippen LogP contribution is 2.39. The third-order valence-electron chi connectivity index (χ3n) is 5.06. The molecular formula is C21H18BrClN4O2. The van der Waals surface area contributed by atoms with Gasteiger partial charge in [0.25, 0.3) is 5.91 Å². The molecule has 2 aromatic carbocycles. The average Bonchev–Trinajstić information content (AvgIpc) is 2.97. The lowest BCUT2D eigenvalue weighted by atomic mass is 9.82. The minimum atomic E-state index is -0.783. The van der Waals surface area contributed by atoms with E-state index in [0.717, 1.165) is 21.3 Å². The summed E-state index contributed by atoms with van der Waals surface area (Å²) < 4.78 is 2.59. The van der Waals surface area contributed by atoms with Gasteiger partial charge in [-0.1, -0.05) is 39.7 Å². The van der Waals surface area contributed by atoms with Crippen LogP contribution < -0.4 is 10.6 Å². The minimum Gasteiger partial charge on any atom is -0.339 e. The SMILES string of the molecule is Cc1nn(C)c2c1[C@@H](c1ccc(Br)cc1)[C@@H](NC(=O)c1ccc(Cl)cc1)C(=O)N2. The van der Waals surface area contributed by atoms with Crippen LogP contribution in [0.1, 0.15) is 33.1 Å². The molecule has 3 aromatic rings. The molecule has 0 radical (unpaired) electrons. The van der Waals surface area contributed by atoms with E-state index >= 15 is 0 Å². The number of carbonyl (C=O) groups excluding carboxylic acids is 2. The molecule has 4 rings (SSSR count). The lowest BCUT2D eigenvalue weighted by Crippen LogP contribution is -2.50. The number of hydrogen-bond donors (Lipinski definition) is 2. The number of benzene rings is 2. The van der Waals surface area contributed by atoms with E-state index in [2.05, 4.69) is 31.7 Å². The topological polar surface area (TPSA) is 76.0 Å². The molecule has 148 valence electrons. The molecule has 8 heteroatoms. The molecule has 2 N–H and O–H groups in total. The zero-order valence-corrected chi connectivity index (χ0v) is 18.1. The molecule has 1 aliphatic rings. The summed E-state index contributed by atoms with van der Waals surface area (Å²) in [6, 6.07) is 13.5. The number of fused-ring (bicyclic) bond motifs is 1. The fourth-order valence-corrected chi connectivity index (χ4v) is 4.10. The van der Waals surface area contributed by atoms with Gasteiger partial charge in [-0.15, -0.1) is 0 Å². The lowest BCUT2D eigenvalue weighted by molar-refractivity contribution is -0.118. The van der Waals surface area contributed by atoms with Crippen LogP contribution in [0.2, 0.25) is 5.02 Å². The maximum atomic E-state index is 13.0. The predicted molar refractivity (Wildman–Crippen MR) is 115 cm³/mol. The number of nitrogens with one attached hydrogen (secondary N) is 2. The Kier molecular flexibility index (Phi) is 5.19. The Hall–Kier alpha value is -2.64. The lowest BCUT2D eigenvalue weighted by Gasteiger charge is -2.32. The number of carbonyl (C=O) groups is 2. The molecule has 0 fully saturated rings. The first-order valence-corrected chi connectivity index (χ1v) is 10.2. The zero-order valence-electron chi connectivity index (χ0n) is 15.7. The predicted octanol–water partition coefficient (Wildman–Crippen LogP) is 4.03. The minimum absolute atomic E-state index is 0.282. The Labute approximate surface area is 181 Å². The highest BCUT2D eigenvalue weighted by atomic mass is 79.9. The fourth-order valence-electron chi connectivity index (χ4n) is 3.71. The maximum absolute atomic E-state index is 13.0. The van der Waals surface area contributed by atoms with E-state index in [9.17, 15) is 9.59 Å². The van der Waals surface area contributed by atoms with Crippen LogP contribution in [0.15, 0.2) is 53.0 Å². The van der Waals surface area contributed by atoms with Gasteiger partial charge >= 0.3 is 0 Å². The van der Waals surface area contributed by atoms with E-state index in [1.165, 1.54) is 0 Å². The molecule has 1 aliphatic heterocycles. The third-order valence-corrected chi connectivity index (χ3v) is 5.84. The number of aryl methyl sites for hydroxylation is 2. The van der Waals surface area contributed by atoms with Crippen LogP contribution >= 0.6 is 27.5 Å². The van der Waals surface area contributed by atoms with Gasteiger partial charge < -0.3 is 10.6 Å². The van der Waals surface area contributed by atoms with Crippen molar-refractivity contribution in [1.29, 1.82) is 0 Å². The first-order chi connectivity index (χ1) is 13.8. The molecule has 0 spiro atoms. The Bertz CT molecular complexity index is 1090. The van der Waals surface area contributed by atoms with Crippen LogP contribution in [-0.2, 0) is 11.8 Å². The summed E-state index contributed by atoms with van der Waals surface area (Å²) in [7, 11) is 1.79. The molecule has 2 heterocycles. The molecule has 1 aromatic heterocycles. The second-order valence-corrected chi connectivity index (χ2v) is 8.30. The number of amides is 2. The van der Waals surface area contributed by atoms with Crippen molar-refractivity contribution in [3.63, 3.8) is 0 Å². The van der Waals surface area contributed by atoms with Crippen molar-refractivity contribution in [2.45, 2.75) is 18.9 Å². The summed E-state index contributed by atoms with van der Waals surface area (Å²) >= 11 is 9.36.